The van der Waals surface area contributed by atoms with Gasteiger partial charge in [0.15, 0.2) is 0 Å². The van der Waals surface area contributed by atoms with Crippen LogP contribution in [0, 0.1) is 0 Å². The van der Waals surface area contributed by atoms with Crippen LogP contribution in [0.3, 0.4) is 0 Å². The first kappa shape index (κ1) is 17.7. The maximum absolute atomic E-state index is 12.3. The number of morpholine rings is 1. The molecule has 1 fully saturated rings. The van der Waals surface area contributed by atoms with Crippen molar-refractivity contribution in [2.75, 3.05) is 13.1 Å². The van der Waals surface area contributed by atoms with Gasteiger partial charge < -0.3 is 15.0 Å². The van der Waals surface area contributed by atoms with Gasteiger partial charge in [-0.05, 0) is 38.5 Å². The summed E-state index contributed by atoms with van der Waals surface area (Å²) in [5, 5.41) is 7.99. The number of hydrogen-bond donors (Lipinski definition) is 2. The Morgan fingerprint density at radius 2 is 1.78 bits per heavy atom. The highest BCUT2D eigenvalue weighted by Gasteiger charge is 2.26. The molecule has 2 rings (SSSR count). The third kappa shape index (κ3) is 4.66. The van der Waals surface area contributed by atoms with Gasteiger partial charge in [0, 0.05) is 13.1 Å². The molecule has 0 spiro atoms. The third-order valence-electron chi connectivity index (χ3n) is 3.76. The van der Waals surface area contributed by atoms with Gasteiger partial charge in [0.25, 0.3) is 0 Å². The molecule has 1 aromatic carbocycles. The first-order valence-corrected chi connectivity index (χ1v) is 9.05. The highest BCUT2D eigenvalue weighted by Crippen LogP contribution is 2.17. The van der Waals surface area contributed by atoms with Crippen LogP contribution in [0.4, 0.5) is 4.79 Å². The number of sulfonamides is 1. The highest BCUT2D eigenvalue weighted by molar-refractivity contribution is 7.89. The van der Waals surface area contributed by atoms with E-state index in [1.165, 1.54) is 12.1 Å². The molecule has 0 unspecified atom stereocenters. The fourth-order valence-electron chi connectivity index (χ4n) is 2.65. The van der Waals surface area contributed by atoms with Crippen molar-refractivity contribution in [2.45, 2.75) is 43.9 Å². The molecule has 3 atom stereocenters. The van der Waals surface area contributed by atoms with Gasteiger partial charge in [-0.25, -0.2) is 18.4 Å². The molecule has 1 aromatic rings. The van der Waals surface area contributed by atoms with Gasteiger partial charge in [0.1, 0.15) is 0 Å². The summed E-state index contributed by atoms with van der Waals surface area (Å²) in [4.78, 5) is 14.1. The predicted octanol–water partition coefficient (Wildman–Crippen LogP) is 1.21. The monoisotopic (exact) mass is 341 g/mol. The Morgan fingerprint density at radius 3 is 2.26 bits per heavy atom. The van der Waals surface area contributed by atoms with E-state index >= 15 is 0 Å². The number of nitrogens with one attached hydrogen (secondary N) is 1. The first-order valence-electron chi connectivity index (χ1n) is 7.50. The zero-order valence-corrected chi connectivity index (χ0v) is 14.3. The molecular formula is C15H23N3O4S. The van der Waals surface area contributed by atoms with Crippen LogP contribution in [0.5, 0.6) is 0 Å². The van der Waals surface area contributed by atoms with E-state index in [1.54, 1.807) is 17.0 Å². The number of hydrogen-bond acceptors (Lipinski definition) is 4. The van der Waals surface area contributed by atoms with E-state index in [4.69, 9.17) is 9.88 Å². The van der Waals surface area contributed by atoms with E-state index in [0.717, 1.165) is 5.56 Å². The van der Waals surface area contributed by atoms with E-state index in [9.17, 15) is 13.2 Å². The van der Waals surface area contributed by atoms with Crippen LogP contribution in [-0.4, -0.2) is 44.6 Å². The van der Waals surface area contributed by atoms with Crippen molar-refractivity contribution < 1.29 is 17.9 Å². The summed E-state index contributed by atoms with van der Waals surface area (Å²) in [5.41, 5.74) is 0.806. The Morgan fingerprint density at radius 1 is 1.26 bits per heavy atom. The lowest BCUT2D eigenvalue weighted by Gasteiger charge is -2.35. The van der Waals surface area contributed by atoms with Crippen molar-refractivity contribution in [3.05, 3.63) is 29.8 Å². The van der Waals surface area contributed by atoms with E-state index in [0.29, 0.717) is 13.1 Å². The zero-order valence-electron chi connectivity index (χ0n) is 13.5. The van der Waals surface area contributed by atoms with Gasteiger partial charge in [0.2, 0.25) is 10.0 Å². The Balaban J connectivity index is 2.01. The normalized spacial score (nSPS) is 23.4. The second-order valence-corrected chi connectivity index (χ2v) is 7.51. The molecule has 1 aliphatic rings. The number of nitrogens with zero attached hydrogens (tertiary/aromatic N) is 1. The molecule has 3 N–H and O–H groups in total. The van der Waals surface area contributed by atoms with Crippen molar-refractivity contribution in [3.63, 3.8) is 0 Å². The average molecular weight is 341 g/mol. The second-order valence-electron chi connectivity index (χ2n) is 5.95. The van der Waals surface area contributed by atoms with Crippen molar-refractivity contribution >= 4 is 16.1 Å². The number of rotatable bonds is 3. The van der Waals surface area contributed by atoms with Gasteiger partial charge in [-0.2, -0.15) is 0 Å². The van der Waals surface area contributed by atoms with Crippen molar-refractivity contribution in [1.82, 2.24) is 10.2 Å². The number of primary sulfonamides is 1. The van der Waals surface area contributed by atoms with Gasteiger partial charge in [-0.1, -0.05) is 12.1 Å². The van der Waals surface area contributed by atoms with Crippen LogP contribution < -0.4 is 10.5 Å². The zero-order chi connectivity index (χ0) is 17.2. The van der Waals surface area contributed by atoms with E-state index in [1.807, 2.05) is 20.8 Å². The molecule has 128 valence electrons. The minimum Gasteiger partial charge on any atom is -0.372 e. The van der Waals surface area contributed by atoms with Crippen LogP contribution in [-0.2, 0) is 14.8 Å². The lowest BCUT2D eigenvalue weighted by molar-refractivity contribution is -0.0547. The molecule has 2 amide bonds. The molecule has 7 nitrogen and oxygen atoms in total. The molecular weight excluding hydrogens is 318 g/mol. The summed E-state index contributed by atoms with van der Waals surface area (Å²) < 4.78 is 28.1. The van der Waals surface area contributed by atoms with E-state index in [-0.39, 0.29) is 29.2 Å². The molecule has 23 heavy (non-hydrogen) atoms. The standard InChI is InChI=1S/C15H23N3O4S/c1-10-8-18(9-11(2)22-10)15(19)17-12(3)13-4-6-14(7-5-13)23(16,20)21/h4-7,10-12H,8-9H2,1-3H3,(H,17,19)(H2,16,20,21)/t10-,11-,12-/m1/s1. The molecule has 1 aliphatic heterocycles. The largest absolute Gasteiger partial charge is 0.372 e. The summed E-state index contributed by atoms with van der Waals surface area (Å²) in [6.07, 6.45) is 0.0164. The van der Waals surface area contributed by atoms with Crippen LogP contribution in [0.15, 0.2) is 29.2 Å². The van der Waals surface area contributed by atoms with Gasteiger partial charge in [0.05, 0.1) is 23.1 Å². The van der Waals surface area contributed by atoms with Crippen molar-refractivity contribution in [2.24, 2.45) is 5.14 Å². The summed E-state index contributed by atoms with van der Waals surface area (Å²) in [7, 11) is -3.71. The van der Waals surface area contributed by atoms with Crippen LogP contribution >= 0.6 is 0 Å². The summed E-state index contributed by atoms with van der Waals surface area (Å²) in [6.45, 7) is 6.81. The molecule has 0 aromatic heterocycles. The highest BCUT2D eigenvalue weighted by atomic mass is 32.2. The number of amides is 2. The Bertz CT molecular complexity index is 650. The fourth-order valence-corrected chi connectivity index (χ4v) is 3.17. The molecule has 0 saturated carbocycles. The second kappa shape index (κ2) is 6.86. The summed E-state index contributed by atoms with van der Waals surface area (Å²) >= 11 is 0. The summed E-state index contributed by atoms with van der Waals surface area (Å²) in [6, 6.07) is 5.77. The average Bonchev–Trinajstić information content (AvgIpc) is 2.45. The first-order chi connectivity index (χ1) is 10.7. The predicted molar refractivity (Wildman–Crippen MR) is 86.3 cm³/mol. The number of urea groups is 1. The SMILES string of the molecule is C[C@@H]1CN(C(=O)N[C@H](C)c2ccc(S(N)(=O)=O)cc2)C[C@@H](C)O1. The molecule has 1 saturated heterocycles. The lowest BCUT2D eigenvalue weighted by Crippen LogP contribution is -2.52. The van der Waals surface area contributed by atoms with E-state index < -0.39 is 10.0 Å². The van der Waals surface area contributed by atoms with Crippen LogP contribution in [0.25, 0.3) is 0 Å². The number of nitrogens with two attached hydrogens (primary N) is 1. The quantitative estimate of drug-likeness (QED) is 0.863. The molecule has 1 heterocycles. The topological polar surface area (TPSA) is 102 Å². The summed E-state index contributed by atoms with van der Waals surface area (Å²) in [5.74, 6) is 0. The number of benzene rings is 1. The number of ether oxygens (including phenoxy) is 1. The van der Waals surface area contributed by atoms with E-state index in [2.05, 4.69) is 5.32 Å². The molecule has 0 bridgehead atoms. The number of carbonyl (C=O) groups is 1. The van der Waals surface area contributed by atoms with Crippen LogP contribution in [0.1, 0.15) is 32.4 Å². The maximum atomic E-state index is 12.3. The number of carbonyl (C=O) groups excluding carboxylic acids is 1. The smallest absolute Gasteiger partial charge is 0.318 e. The molecule has 0 radical (unpaired) electrons. The van der Waals surface area contributed by atoms with Gasteiger partial charge >= 0.3 is 6.03 Å². The maximum Gasteiger partial charge on any atom is 0.318 e. The fraction of sp³-hybridized carbons (Fsp3) is 0.533. The van der Waals surface area contributed by atoms with Crippen molar-refractivity contribution in [3.8, 4) is 0 Å². The lowest BCUT2D eigenvalue weighted by atomic mass is 10.1. The van der Waals surface area contributed by atoms with Crippen LogP contribution in [0.2, 0.25) is 0 Å². The molecule has 0 aliphatic carbocycles. The minimum absolute atomic E-state index is 0.00819. The van der Waals surface area contributed by atoms with Crippen molar-refractivity contribution in [1.29, 1.82) is 0 Å². The van der Waals surface area contributed by atoms with Gasteiger partial charge in [-0.3, -0.25) is 0 Å². The Labute approximate surface area is 136 Å². The minimum atomic E-state index is -3.71. The Kier molecular flexibility index (Phi) is 5.28. The third-order valence-corrected chi connectivity index (χ3v) is 4.68. The van der Waals surface area contributed by atoms with Gasteiger partial charge in [-0.15, -0.1) is 0 Å². The Hall–Kier alpha value is -1.64. The molecule has 8 heteroatoms.